The molecule has 0 aromatic heterocycles. The fraction of sp³-hybridized carbons (Fsp3) is 0.250. The van der Waals surface area contributed by atoms with Crippen molar-refractivity contribution in [2.24, 2.45) is 0 Å². The van der Waals surface area contributed by atoms with Crippen LogP contribution >= 0.6 is 0 Å². The van der Waals surface area contributed by atoms with Crippen molar-refractivity contribution < 1.29 is 14.3 Å². The SMILES string of the molecule is COc1ccc2cc1Oc1ccc(cc1)CCC(=O)CC/C=C/2. The van der Waals surface area contributed by atoms with Crippen LogP contribution in [0, 0.1) is 0 Å². The second-order valence-electron chi connectivity index (χ2n) is 5.64. The Morgan fingerprint density at radius 1 is 1.00 bits per heavy atom. The second kappa shape index (κ2) is 7.14. The Balaban J connectivity index is 1.96. The van der Waals surface area contributed by atoms with Crippen LogP contribution in [0.3, 0.4) is 0 Å². The highest BCUT2D eigenvalue weighted by Gasteiger charge is 2.08. The number of fused-ring (bicyclic) bond motifs is 7. The van der Waals surface area contributed by atoms with Gasteiger partial charge in [0.2, 0.25) is 0 Å². The summed E-state index contributed by atoms with van der Waals surface area (Å²) in [6.07, 6.45) is 6.78. The summed E-state index contributed by atoms with van der Waals surface area (Å²) in [5.74, 6) is 2.45. The number of carbonyl (C=O) groups excluding carboxylic acids is 1. The van der Waals surface area contributed by atoms with E-state index in [0.717, 1.165) is 29.7 Å². The van der Waals surface area contributed by atoms with Gasteiger partial charge in [0.1, 0.15) is 11.5 Å². The standard InChI is InChI=1S/C20H20O3/c1-22-19-13-9-16-4-2-3-5-17(21)10-6-15-7-11-18(12-8-15)23-20(19)14-16/h2,4,7-9,11-14H,3,5-6,10H2,1H3/b4-2+. The van der Waals surface area contributed by atoms with Crippen LogP contribution in [0.5, 0.6) is 17.2 Å². The fourth-order valence-corrected chi connectivity index (χ4v) is 2.60. The smallest absolute Gasteiger partial charge is 0.169 e. The van der Waals surface area contributed by atoms with E-state index in [1.807, 2.05) is 54.6 Å². The third kappa shape index (κ3) is 4.01. The molecule has 0 unspecified atom stereocenters. The van der Waals surface area contributed by atoms with Crippen molar-refractivity contribution in [3.63, 3.8) is 0 Å². The molecule has 2 aliphatic heterocycles. The maximum Gasteiger partial charge on any atom is 0.169 e. The highest BCUT2D eigenvalue weighted by Crippen LogP contribution is 2.33. The molecule has 3 heteroatoms. The van der Waals surface area contributed by atoms with Gasteiger partial charge in [0.05, 0.1) is 7.11 Å². The molecule has 0 fully saturated rings. The van der Waals surface area contributed by atoms with E-state index in [1.165, 1.54) is 0 Å². The van der Waals surface area contributed by atoms with E-state index in [4.69, 9.17) is 9.47 Å². The van der Waals surface area contributed by atoms with E-state index >= 15 is 0 Å². The normalized spacial score (nSPS) is 16.1. The molecule has 3 nitrogen and oxygen atoms in total. The number of hydrogen-bond acceptors (Lipinski definition) is 3. The number of ether oxygens (including phenoxy) is 2. The lowest BCUT2D eigenvalue weighted by Gasteiger charge is -2.11. The van der Waals surface area contributed by atoms with E-state index in [1.54, 1.807) is 7.11 Å². The van der Waals surface area contributed by atoms with Crippen LogP contribution < -0.4 is 9.47 Å². The van der Waals surface area contributed by atoms with Gasteiger partial charge in [-0.15, -0.1) is 0 Å². The van der Waals surface area contributed by atoms with Crippen molar-refractivity contribution in [1.82, 2.24) is 0 Å². The van der Waals surface area contributed by atoms with Crippen LogP contribution in [-0.4, -0.2) is 12.9 Å². The maximum atomic E-state index is 11.9. The van der Waals surface area contributed by atoms with Gasteiger partial charge in [0.25, 0.3) is 0 Å². The summed E-state index contributed by atoms with van der Waals surface area (Å²) < 4.78 is 11.3. The van der Waals surface area contributed by atoms with Crippen molar-refractivity contribution in [3.05, 3.63) is 59.7 Å². The lowest BCUT2D eigenvalue weighted by Crippen LogP contribution is -1.99. The predicted molar refractivity (Wildman–Crippen MR) is 91.1 cm³/mol. The molecule has 0 N–H and O–H groups in total. The average molecular weight is 308 g/mol. The molecule has 2 aromatic carbocycles. The minimum Gasteiger partial charge on any atom is -0.493 e. The molecule has 4 bridgehead atoms. The molecule has 118 valence electrons. The van der Waals surface area contributed by atoms with Gasteiger partial charge in [-0.25, -0.2) is 0 Å². The molecule has 2 heterocycles. The quantitative estimate of drug-likeness (QED) is 0.759. The van der Waals surface area contributed by atoms with Crippen LogP contribution in [0.25, 0.3) is 6.08 Å². The Morgan fingerprint density at radius 3 is 2.61 bits per heavy atom. The average Bonchev–Trinajstić information content (AvgIpc) is 2.58. The van der Waals surface area contributed by atoms with E-state index in [-0.39, 0.29) is 0 Å². The first-order valence-corrected chi connectivity index (χ1v) is 7.88. The van der Waals surface area contributed by atoms with Gasteiger partial charge in [0, 0.05) is 12.8 Å². The third-order valence-corrected chi connectivity index (χ3v) is 3.93. The van der Waals surface area contributed by atoms with Crippen LogP contribution in [0.2, 0.25) is 0 Å². The van der Waals surface area contributed by atoms with Gasteiger partial charge >= 0.3 is 0 Å². The number of benzene rings is 2. The molecule has 0 saturated carbocycles. The van der Waals surface area contributed by atoms with Gasteiger partial charge in [-0.2, -0.15) is 0 Å². The molecular weight excluding hydrogens is 288 g/mol. The van der Waals surface area contributed by atoms with Crippen molar-refractivity contribution in [2.45, 2.75) is 25.7 Å². The number of hydrogen-bond donors (Lipinski definition) is 0. The summed E-state index contributed by atoms with van der Waals surface area (Å²) in [6.45, 7) is 0. The van der Waals surface area contributed by atoms with Crippen molar-refractivity contribution in [3.8, 4) is 17.2 Å². The highest BCUT2D eigenvalue weighted by atomic mass is 16.5. The maximum absolute atomic E-state index is 11.9. The molecule has 4 rings (SSSR count). The first-order chi connectivity index (χ1) is 11.2. The third-order valence-electron chi connectivity index (χ3n) is 3.93. The minimum absolute atomic E-state index is 0.306. The lowest BCUT2D eigenvalue weighted by atomic mass is 10.0. The second-order valence-corrected chi connectivity index (χ2v) is 5.64. The van der Waals surface area contributed by atoms with Crippen LogP contribution in [0.1, 0.15) is 30.4 Å². The number of ketones is 1. The number of methoxy groups -OCH3 is 1. The molecule has 0 saturated heterocycles. The Kier molecular flexibility index (Phi) is 4.77. The van der Waals surface area contributed by atoms with Gasteiger partial charge < -0.3 is 9.47 Å². The summed E-state index contributed by atoms with van der Waals surface area (Å²) >= 11 is 0. The summed E-state index contributed by atoms with van der Waals surface area (Å²) in [4.78, 5) is 11.9. The summed E-state index contributed by atoms with van der Waals surface area (Å²) in [5.41, 5.74) is 2.18. The molecule has 0 atom stereocenters. The van der Waals surface area contributed by atoms with E-state index < -0.39 is 0 Å². The molecule has 0 radical (unpaired) electrons. The van der Waals surface area contributed by atoms with Gasteiger partial charge in [-0.3, -0.25) is 4.79 Å². The van der Waals surface area contributed by atoms with Crippen molar-refractivity contribution >= 4 is 11.9 Å². The van der Waals surface area contributed by atoms with E-state index in [2.05, 4.69) is 0 Å². The fourth-order valence-electron chi connectivity index (χ4n) is 2.60. The molecular formula is C20H20O3. The van der Waals surface area contributed by atoms with Crippen LogP contribution in [0.15, 0.2) is 48.5 Å². The molecule has 23 heavy (non-hydrogen) atoms. The summed E-state index contributed by atoms with van der Waals surface area (Å²) in [5, 5.41) is 0. The topological polar surface area (TPSA) is 35.5 Å². The van der Waals surface area contributed by atoms with Crippen LogP contribution in [0.4, 0.5) is 0 Å². The number of Topliss-reactive ketones (excluding diaryl/α,β-unsaturated/α-hetero) is 1. The summed E-state index contributed by atoms with van der Waals surface area (Å²) in [7, 11) is 1.63. The van der Waals surface area contributed by atoms with Crippen molar-refractivity contribution in [2.75, 3.05) is 7.11 Å². The first kappa shape index (κ1) is 15.3. The number of aryl methyl sites for hydroxylation is 1. The molecule has 0 aliphatic carbocycles. The monoisotopic (exact) mass is 308 g/mol. The van der Waals surface area contributed by atoms with Crippen LogP contribution in [-0.2, 0) is 11.2 Å². The summed E-state index contributed by atoms with van der Waals surface area (Å²) in [6, 6.07) is 13.7. The molecule has 2 aliphatic rings. The number of carbonyl (C=O) groups is 1. The molecule has 0 spiro atoms. The zero-order valence-electron chi connectivity index (χ0n) is 13.2. The Bertz CT molecular complexity index is 714. The first-order valence-electron chi connectivity index (χ1n) is 7.88. The van der Waals surface area contributed by atoms with E-state index in [0.29, 0.717) is 30.1 Å². The Labute approximate surface area is 136 Å². The van der Waals surface area contributed by atoms with Gasteiger partial charge in [-0.05, 0) is 48.2 Å². The predicted octanol–water partition coefficient (Wildman–Crippen LogP) is 4.80. The number of rotatable bonds is 1. The highest BCUT2D eigenvalue weighted by molar-refractivity contribution is 5.78. The van der Waals surface area contributed by atoms with Gasteiger partial charge in [0.15, 0.2) is 11.5 Å². The van der Waals surface area contributed by atoms with Crippen molar-refractivity contribution in [1.29, 1.82) is 0 Å². The Hall–Kier alpha value is -2.55. The molecule has 2 aromatic rings. The Morgan fingerprint density at radius 2 is 1.83 bits per heavy atom. The largest absolute Gasteiger partial charge is 0.493 e. The molecule has 0 amide bonds. The lowest BCUT2D eigenvalue weighted by molar-refractivity contribution is -0.118. The zero-order valence-corrected chi connectivity index (χ0v) is 13.2. The number of allylic oxidation sites excluding steroid dienone is 1. The van der Waals surface area contributed by atoms with E-state index in [9.17, 15) is 4.79 Å². The van der Waals surface area contributed by atoms with Gasteiger partial charge in [-0.1, -0.05) is 30.4 Å². The minimum atomic E-state index is 0.306. The zero-order chi connectivity index (χ0) is 16.1.